The molecule has 0 atom stereocenters. The van der Waals surface area contributed by atoms with Crippen LogP contribution >= 0.6 is 0 Å². The quantitative estimate of drug-likeness (QED) is 0.203. The first-order valence-corrected chi connectivity index (χ1v) is 10.1. The zero-order valence-electron chi connectivity index (χ0n) is 19.1. The average Bonchev–Trinajstić information content (AvgIpc) is 2.83. The lowest BCUT2D eigenvalue weighted by Crippen LogP contribution is -2.15. The molecule has 0 N–H and O–H groups in total. The van der Waals surface area contributed by atoms with E-state index in [1.165, 1.54) is 37.3 Å². The smallest absolute Gasteiger partial charge is 0.343 e. The number of carbonyl (C=O) groups is 4. The molecule has 0 bridgehead atoms. The van der Waals surface area contributed by atoms with Crippen molar-refractivity contribution in [3.8, 4) is 17.2 Å². The molecule has 0 aliphatic carbocycles. The van der Waals surface area contributed by atoms with Crippen molar-refractivity contribution >= 4 is 23.9 Å². The molecule has 0 aromatic heterocycles. The van der Waals surface area contributed by atoms with Gasteiger partial charge in [0.05, 0.1) is 19.1 Å². The van der Waals surface area contributed by atoms with Crippen molar-refractivity contribution in [2.75, 3.05) is 20.3 Å². The fourth-order valence-corrected chi connectivity index (χ4v) is 2.39. The molecule has 2 aromatic carbocycles. The minimum atomic E-state index is -1.00. The number of rotatable bonds is 11. The molecule has 35 heavy (non-hydrogen) atoms. The molecule has 0 unspecified atom stereocenters. The molecule has 0 radical (unpaired) electrons. The lowest BCUT2D eigenvalue weighted by molar-refractivity contribution is -0.141. The number of hydrogen-bond donors (Lipinski definition) is 0. The summed E-state index contributed by atoms with van der Waals surface area (Å²) in [5, 5.41) is 0. The van der Waals surface area contributed by atoms with Crippen molar-refractivity contribution in [2.24, 2.45) is 0 Å². The standard InChI is InChI=1S/C25H23FO9/c1-15(2)23(28)33-12-11-32-18-7-5-17(6-8-18)25(30)34-19-9-10-21(20(26)14-19)35-24(29)16(3)13-22(27)31-4/h5-10,14H,1,3,11-13H2,2,4H3. The summed E-state index contributed by atoms with van der Waals surface area (Å²) in [5.41, 5.74) is 0.234. The zero-order valence-corrected chi connectivity index (χ0v) is 19.1. The van der Waals surface area contributed by atoms with Gasteiger partial charge >= 0.3 is 23.9 Å². The van der Waals surface area contributed by atoms with Crippen molar-refractivity contribution in [1.29, 1.82) is 0 Å². The molecule has 0 saturated carbocycles. The number of methoxy groups -OCH3 is 1. The summed E-state index contributed by atoms with van der Waals surface area (Å²) in [5.74, 6) is -4.07. The monoisotopic (exact) mass is 486 g/mol. The van der Waals surface area contributed by atoms with Crippen LogP contribution in [0.25, 0.3) is 0 Å². The lowest BCUT2D eigenvalue weighted by atomic mass is 10.2. The Hall–Kier alpha value is -4.47. The molecule has 0 heterocycles. The van der Waals surface area contributed by atoms with E-state index < -0.39 is 41.9 Å². The molecule has 0 amide bonds. The van der Waals surface area contributed by atoms with Crippen LogP contribution in [0.2, 0.25) is 0 Å². The third kappa shape index (κ3) is 8.43. The summed E-state index contributed by atoms with van der Waals surface area (Å²) in [6.07, 6.45) is -0.404. The maximum atomic E-state index is 14.3. The molecule has 0 aliphatic rings. The first kappa shape index (κ1) is 26.8. The van der Waals surface area contributed by atoms with Crippen LogP contribution in [-0.2, 0) is 23.9 Å². The Labute approximate surface area is 200 Å². The van der Waals surface area contributed by atoms with E-state index in [-0.39, 0.29) is 35.7 Å². The Morgan fingerprint density at radius 1 is 0.886 bits per heavy atom. The van der Waals surface area contributed by atoms with Gasteiger partial charge in [0.2, 0.25) is 0 Å². The van der Waals surface area contributed by atoms with Crippen molar-refractivity contribution in [3.63, 3.8) is 0 Å². The Kier molecular flexibility index (Phi) is 9.71. The minimum absolute atomic E-state index is 0.0335. The van der Waals surface area contributed by atoms with E-state index in [1.54, 1.807) is 0 Å². The van der Waals surface area contributed by atoms with E-state index in [2.05, 4.69) is 17.9 Å². The third-order valence-corrected chi connectivity index (χ3v) is 4.21. The molecule has 184 valence electrons. The van der Waals surface area contributed by atoms with Crippen LogP contribution < -0.4 is 14.2 Å². The van der Waals surface area contributed by atoms with Gasteiger partial charge in [-0.2, -0.15) is 0 Å². The van der Waals surface area contributed by atoms with Crippen molar-refractivity contribution < 1.29 is 47.3 Å². The molecule has 0 spiro atoms. The maximum Gasteiger partial charge on any atom is 0.343 e. The second-order valence-electron chi connectivity index (χ2n) is 7.02. The van der Waals surface area contributed by atoms with Gasteiger partial charge in [-0.25, -0.2) is 18.8 Å². The summed E-state index contributed by atoms with van der Waals surface area (Å²) in [7, 11) is 1.15. The van der Waals surface area contributed by atoms with Crippen LogP contribution in [0.5, 0.6) is 17.2 Å². The predicted octanol–water partition coefficient (Wildman–Crippen LogP) is 3.57. The molecule has 2 rings (SSSR count). The van der Waals surface area contributed by atoms with Crippen LogP contribution in [0, 0.1) is 5.82 Å². The van der Waals surface area contributed by atoms with Gasteiger partial charge in [-0.05, 0) is 43.3 Å². The van der Waals surface area contributed by atoms with Gasteiger partial charge in [-0.1, -0.05) is 13.2 Å². The van der Waals surface area contributed by atoms with E-state index in [9.17, 15) is 23.6 Å². The van der Waals surface area contributed by atoms with E-state index in [0.29, 0.717) is 5.75 Å². The van der Waals surface area contributed by atoms with E-state index in [4.69, 9.17) is 18.9 Å². The minimum Gasteiger partial charge on any atom is -0.490 e. The van der Waals surface area contributed by atoms with Crippen LogP contribution in [0.3, 0.4) is 0 Å². The third-order valence-electron chi connectivity index (χ3n) is 4.21. The van der Waals surface area contributed by atoms with Gasteiger partial charge in [0, 0.05) is 17.2 Å². The Bertz CT molecular complexity index is 1140. The highest BCUT2D eigenvalue weighted by Gasteiger charge is 2.17. The highest BCUT2D eigenvalue weighted by atomic mass is 19.1. The first-order valence-electron chi connectivity index (χ1n) is 10.1. The van der Waals surface area contributed by atoms with E-state index in [1.807, 2.05) is 0 Å². The summed E-state index contributed by atoms with van der Waals surface area (Å²) >= 11 is 0. The topological polar surface area (TPSA) is 114 Å². The molecule has 0 fully saturated rings. The van der Waals surface area contributed by atoms with E-state index in [0.717, 1.165) is 19.2 Å². The van der Waals surface area contributed by atoms with Crippen LogP contribution in [-0.4, -0.2) is 44.2 Å². The Morgan fingerprint density at radius 2 is 1.54 bits per heavy atom. The normalized spacial score (nSPS) is 10.0. The number of benzene rings is 2. The van der Waals surface area contributed by atoms with Crippen LogP contribution in [0.15, 0.2) is 66.8 Å². The maximum absolute atomic E-state index is 14.3. The number of esters is 4. The highest BCUT2D eigenvalue weighted by Crippen LogP contribution is 2.24. The Balaban J connectivity index is 1.90. The highest BCUT2D eigenvalue weighted by molar-refractivity contribution is 5.94. The van der Waals surface area contributed by atoms with Crippen molar-refractivity contribution in [3.05, 3.63) is 78.1 Å². The number of carbonyl (C=O) groups excluding carboxylic acids is 4. The van der Waals surface area contributed by atoms with Crippen molar-refractivity contribution in [1.82, 2.24) is 0 Å². The van der Waals surface area contributed by atoms with Crippen LogP contribution in [0.4, 0.5) is 4.39 Å². The second kappa shape index (κ2) is 12.7. The number of halogens is 1. The summed E-state index contributed by atoms with van der Waals surface area (Å²) in [6.45, 7) is 8.54. The van der Waals surface area contributed by atoms with Gasteiger partial charge in [0.1, 0.15) is 24.7 Å². The molecule has 9 nitrogen and oxygen atoms in total. The average molecular weight is 486 g/mol. The molecule has 0 aliphatic heterocycles. The fourth-order valence-electron chi connectivity index (χ4n) is 2.39. The van der Waals surface area contributed by atoms with Crippen LogP contribution in [0.1, 0.15) is 23.7 Å². The predicted molar refractivity (Wildman–Crippen MR) is 120 cm³/mol. The van der Waals surface area contributed by atoms with Gasteiger partial charge < -0.3 is 23.7 Å². The summed E-state index contributed by atoms with van der Waals surface area (Å²) < 4.78 is 39.1. The molecular weight excluding hydrogens is 463 g/mol. The zero-order chi connectivity index (χ0) is 26.0. The van der Waals surface area contributed by atoms with E-state index >= 15 is 0 Å². The largest absolute Gasteiger partial charge is 0.490 e. The number of hydrogen-bond acceptors (Lipinski definition) is 9. The molecular formula is C25H23FO9. The fraction of sp³-hybridized carbons (Fsp3) is 0.200. The number of ether oxygens (including phenoxy) is 5. The second-order valence-corrected chi connectivity index (χ2v) is 7.02. The van der Waals surface area contributed by atoms with Crippen molar-refractivity contribution in [2.45, 2.75) is 13.3 Å². The summed E-state index contributed by atoms with van der Waals surface area (Å²) in [6, 6.07) is 9.11. The summed E-state index contributed by atoms with van der Waals surface area (Å²) in [4.78, 5) is 46.7. The SMILES string of the molecule is C=C(C)C(=O)OCCOc1ccc(C(=O)Oc2ccc(OC(=O)C(=C)CC(=O)OC)c(F)c2)cc1. The molecule has 10 heteroatoms. The first-order chi connectivity index (χ1) is 16.6. The van der Waals surface area contributed by atoms with Gasteiger partial charge in [-0.3, -0.25) is 4.79 Å². The lowest BCUT2D eigenvalue weighted by Gasteiger charge is -2.10. The van der Waals surface area contributed by atoms with Gasteiger partial charge in [0.15, 0.2) is 11.6 Å². The molecule has 2 aromatic rings. The van der Waals surface area contributed by atoms with Gasteiger partial charge in [0.25, 0.3) is 0 Å². The molecule has 0 saturated heterocycles. The Morgan fingerprint density at radius 3 is 2.14 bits per heavy atom. The van der Waals surface area contributed by atoms with Gasteiger partial charge in [-0.15, -0.1) is 0 Å².